The lowest BCUT2D eigenvalue weighted by Crippen LogP contribution is -2.18. The maximum Gasteiger partial charge on any atom is 0.136 e. The van der Waals surface area contributed by atoms with E-state index in [2.05, 4.69) is 18.8 Å². The molecule has 1 rings (SSSR count). The van der Waals surface area contributed by atoms with E-state index in [1.54, 1.807) is 0 Å². The molecule has 0 aliphatic heterocycles. The molecule has 0 N–H and O–H groups in total. The largest absolute Gasteiger partial charge is 0.299 e. The Hall–Kier alpha value is -0.770. The zero-order valence-electron chi connectivity index (χ0n) is 9.14. The molecular weight excluding hydrogens is 172 g/mol. The van der Waals surface area contributed by atoms with Crippen molar-refractivity contribution in [3.63, 3.8) is 0 Å². The molecule has 1 saturated carbocycles. The van der Waals surface area contributed by atoms with Crippen molar-refractivity contribution in [1.29, 1.82) is 0 Å². The first kappa shape index (κ1) is 11.3. The minimum absolute atomic E-state index is 0.262. The summed E-state index contributed by atoms with van der Waals surface area (Å²) in [4.78, 5) is 11.4. The summed E-state index contributed by atoms with van der Waals surface area (Å²) in [5.74, 6) is 7.01. The third-order valence-electron chi connectivity index (χ3n) is 2.81. The number of carbonyl (C=O) groups excluding carboxylic acids is 1. The van der Waals surface area contributed by atoms with E-state index >= 15 is 0 Å². The molecule has 0 aromatic carbocycles. The second kappa shape index (κ2) is 6.65. The molecule has 0 bridgehead atoms. The second-order valence-electron chi connectivity index (χ2n) is 4.07. The van der Waals surface area contributed by atoms with Crippen LogP contribution in [0.5, 0.6) is 0 Å². The van der Waals surface area contributed by atoms with Gasteiger partial charge in [0.05, 0.1) is 0 Å². The van der Waals surface area contributed by atoms with E-state index < -0.39 is 0 Å². The summed E-state index contributed by atoms with van der Waals surface area (Å²) in [6.07, 6.45) is 8.37. The highest BCUT2D eigenvalue weighted by molar-refractivity contribution is 5.81. The lowest BCUT2D eigenvalue weighted by atomic mass is 9.86. The molecule has 1 atom stereocenters. The summed E-state index contributed by atoms with van der Waals surface area (Å²) >= 11 is 0. The summed E-state index contributed by atoms with van der Waals surface area (Å²) in [5.41, 5.74) is 0. The van der Waals surface area contributed by atoms with Crippen LogP contribution in [-0.2, 0) is 4.79 Å². The van der Waals surface area contributed by atoms with Crippen LogP contribution >= 0.6 is 0 Å². The minimum Gasteiger partial charge on any atom is -0.299 e. The van der Waals surface area contributed by atoms with Crippen LogP contribution in [0.1, 0.15) is 58.3 Å². The zero-order valence-corrected chi connectivity index (χ0v) is 9.14. The Labute approximate surface area is 87.3 Å². The smallest absolute Gasteiger partial charge is 0.136 e. The van der Waals surface area contributed by atoms with Crippen molar-refractivity contribution in [3.8, 4) is 11.8 Å². The number of ketones is 1. The average Bonchev–Trinajstić information content (AvgIpc) is 2.20. The Bertz CT molecular complexity index is 231. The minimum atomic E-state index is 0.262. The molecule has 1 fully saturated rings. The molecule has 1 unspecified atom stereocenters. The predicted molar refractivity (Wildman–Crippen MR) is 58.9 cm³/mol. The van der Waals surface area contributed by atoms with Crippen molar-refractivity contribution in [2.24, 2.45) is 5.92 Å². The third-order valence-corrected chi connectivity index (χ3v) is 2.81. The van der Waals surface area contributed by atoms with E-state index in [0.717, 1.165) is 32.1 Å². The lowest BCUT2D eigenvalue weighted by molar-refractivity contribution is -0.124. The zero-order chi connectivity index (χ0) is 10.2. The van der Waals surface area contributed by atoms with Gasteiger partial charge in [-0.1, -0.05) is 19.8 Å². The highest BCUT2D eigenvalue weighted by atomic mass is 16.1. The molecule has 1 nitrogen and oxygen atoms in total. The standard InChI is InChI=1S/C13H20O/c1-2-3-4-5-6-9-12-10-7-8-11-13(12)14/h12H,2-4,7-11H2,1H3. The fourth-order valence-corrected chi connectivity index (χ4v) is 1.82. The Morgan fingerprint density at radius 3 is 2.93 bits per heavy atom. The molecule has 78 valence electrons. The quantitative estimate of drug-likeness (QED) is 0.495. The highest BCUT2D eigenvalue weighted by Crippen LogP contribution is 2.22. The third kappa shape index (κ3) is 3.96. The molecule has 0 heterocycles. The summed E-state index contributed by atoms with van der Waals surface area (Å²) in [5, 5.41) is 0. The Morgan fingerprint density at radius 2 is 2.21 bits per heavy atom. The topological polar surface area (TPSA) is 17.1 Å². The fraction of sp³-hybridized carbons (Fsp3) is 0.769. The highest BCUT2D eigenvalue weighted by Gasteiger charge is 2.20. The Kier molecular flexibility index (Phi) is 5.37. The number of unbranched alkanes of at least 4 members (excludes halogenated alkanes) is 2. The van der Waals surface area contributed by atoms with Crippen LogP contribution in [0.25, 0.3) is 0 Å². The van der Waals surface area contributed by atoms with Gasteiger partial charge in [-0.3, -0.25) is 4.79 Å². The van der Waals surface area contributed by atoms with Gasteiger partial charge in [-0.25, -0.2) is 0 Å². The molecule has 0 spiro atoms. The van der Waals surface area contributed by atoms with E-state index in [-0.39, 0.29) is 5.92 Å². The normalized spacial score (nSPS) is 21.5. The molecule has 1 heteroatoms. The van der Waals surface area contributed by atoms with E-state index in [1.807, 2.05) is 0 Å². The molecule has 0 aromatic rings. The van der Waals surface area contributed by atoms with Crippen LogP contribution < -0.4 is 0 Å². The van der Waals surface area contributed by atoms with Gasteiger partial charge in [0.2, 0.25) is 0 Å². The van der Waals surface area contributed by atoms with Gasteiger partial charge in [0.25, 0.3) is 0 Å². The van der Waals surface area contributed by atoms with Gasteiger partial charge in [-0.2, -0.15) is 0 Å². The maximum atomic E-state index is 11.4. The molecule has 14 heavy (non-hydrogen) atoms. The number of rotatable bonds is 3. The molecule has 0 saturated heterocycles. The number of Topliss-reactive ketones (excluding diaryl/α,β-unsaturated/α-hetero) is 1. The maximum absolute atomic E-state index is 11.4. The van der Waals surface area contributed by atoms with Gasteiger partial charge in [-0.05, 0) is 19.3 Å². The monoisotopic (exact) mass is 192 g/mol. The Balaban J connectivity index is 2.20. The SMILES string of the molecule is CCCCC#CCC1CCCCC1=O. The van der Waals surface area contributed by atoms with Crippen LogP contribution in [0.4, 0.5) is 0 Å². The summed E-state index contributed by atoms with van der Waals surface area (Å²) < 4.78 is 0. The molecule has 0 amide bonds. The van der Waals surface area contributed by atoms with Gasteiger partial charge >= 0.3 is 0 Å². The van der Waals surface area contributed by atoms with Crippen molar-refractivity contribution in [3.05, 3.63) is 0 Å². The van der Waals surface area contributed by atoms with E-state index in [0.29, 0.717) is 5.78 Å². The van der Waals surface area contributed by atoms with Crippen molar-refractivity contribution >= 4 is 5.78 Å². The van der Waals surface area contributed by atoms with E-state index in [1.165, 1.54) is 19.3 Å². The van der Waals surface area contributed by atoms with Crippen LogP contribution in [0.2, 0.25) is 0 Å². The molecule has 1 aliphatic carbocycles. The lowest BCUT2D eigenvalue weighted by Gasteiger charge is -2.17. The molecule has 0 radical (unpaired) electrons. The van der Waals surface area contributed by atoms with Gasteiger partial charge in [0, 0.05) is 25.2 Å². The van der Waals surface area contributed by atoms with Crippen molar-refractivity contribution in [1.82, 2.24) is 0 Å². The van der Waals surface area contributed by atoms with Crippen LogP contribution in [0.15, 0.2) is 0 Å². The summed E-state index contributed by atoms with van der Waals surface area (Å²) in [6.45, 7) is 2.17. The van der Waals surface area contributed by atoms with Crippen molar-refractivity contribution in [2.75, 3.05) is 0 Å². The number of hydrogen-bond donors (Lipinski definition) is 0. The van der Waals surface area contributed by atoms with Gasteiger partial charge in [-0.15, -0.1) is 11.8 Å². The number of hydrogen-bond acceptors (Lipinski definition) is 1. The summed E-state index contributed by atoms with van der Waals surface area (Å²) in [6, 6.07) is 0. The number of carbonyl (C=O) groups is 1. The predicted octanol–water partition coefficient (Wildman–Crippen LogP) is 3.33. The van der Waals surface area contributed by atoms with Crippen molar-refractivity contribution in [2.45, 2.75) is 58.3 Å². The second-order valence-corrected chi connectivity index (χ2v) is 4.07. The summed E-state index contributed by atoms with van der Waals surface area (Å²) in [7, 11) is 0. The van der Waals surface area contributed by atoms with E-state index in [4.69, 9.17) is 0 Å². The molecule has 1 aliphatic rings. The van der Waals surface area contributed by atoms with Crippen LogP contribution in [0.3, 0.4) is 0 Å². The fourth-order valence-electron chi connectivity index (χ4n) is 1.82. The van der Waals surface area contributed by atoms with Crippen LogP contribution in [0, 0.1) is 17.8 Å². The van der Waals surface area contributed by atoms with Gasteiger partial charge in [0.15, 0.2) is 0 Å². The van der Waals surface area contributed by atoms with Crippen LogP contribution in [-0.4, -0.2) is 5.78 Å². The van der Waals surface area contributed by atoms with Gasteiger partial charge in [0.1, 0.15) is 5.78 Å². The van der Waals surface area contributed by atoms with Crippen molar-refractivity contribution < 1.29 is 4.79 Å². The van der Waals surface area contributed by atoms with Gasteiger partial charge < -0.3 is 0 Å². The van der Waals surface area contributed by atoms with E-state index in [9.17, 15) is 4.79 Å². The average molecular weight is 192 g/mol. The first-order valence-electron chi connectivity index (χ1n) is 5.83. The first-order chi connectivity index (χ1) is 6.84. The molecule has 0 aromatic heterocycles. The first-order valence-corrected chi connectivity index (χ1v) is 5.83. The molecular formula is C13H20O. The Morgan fingerprint density at radius 1 is 1.36 bits per heavy atom.